The number of ether oxygens (including phenoxy) is 3. The summed E-state index contributed by atoms with van der Waals surface area (Å²) in [5.74, 6) is -1.98. The highest BCUT2D eigenvalue weighted by molar-refractivity contribution is 6.03. The van der Waals surface area contributed by atoms with Gasteiger partial charge in [-0.2, -0.15) is 0 Å². The van der Waals surface area contributed by atoms with E-state index in [0.29, 0.717) is 23.2 Å². The molecule has 6 atom stereocenters. The largest absolute Gasteiger partial charge is 0.469 e. The van der Waals surface area contributed by atoms with Crippen molar-refractivity contribution in [3.63, 3.8) is 0 Å². The van der Waals surface area contributed by atoms with Crippen LogP contribution >= 0.6 is 0 Å². The minimum Gasteiger partial charge on any atom is -0.469 e. The molecule has 3 fully saturated rings. The fraction of sp³-hybridized carbons (Fsp3) is 0.412. The van der Waals surface area contributed by atoms with E-state index >= 15 is 0 Å². The van der Waals surface area contributed by atoms with Gasteiger partial charge in [0.25, 0.3) is 5.91 Å². The molecule has 3 aliphatic heterocycles. The monoisotopic (exact) mass is 604 g/mol. The van der Waals surface area contributed by atoms with Gasteiger partial charge in [-0.1, -0.05) is 74.5 Å². The molecule has 3 heterocycles. The summed E-state index contributed by atoms with van der Waals surface area (Å²) in [5, 5.41) is 26.9. The molecular formula is C34H37FN2O7. The molecule has 3 aromatic rings. The van der Waals surface area contributed by atoms with Gasteiger partial charge in [-0.15, -0.1) is 0 Å². The van der Waals surface area contributed by atoms with Crippen LogP contribution in [0, 0.1) is 11.7 Å². The minimum atomic E-state index is -1.98. The number of hydrogen-bond donors (Lipinski definition) is 3. The molecule has 3 aromatic carbocycles. The van der Waals surface area contributed by atoms with Crippen LogP contribution in [0.25, 0.3) is 0 Å². The van der Waals surface area contributed by atoms with Crippen LogP contribution in [-0.2, 0) is 35.1 Å². The minimum absolute atomic E-state index is 0.0983. The molecule has 0 bridgehead atoms. The first-order chi connectivity index (χ1) is 21.1. The number of carbonyl (C=O) groups excluding carboxylic acids is 2. The molecule has 0 spiro atoms. The number of hydrogen-bond acceptors (Lipinski definition) is 8. The number of halogens is 1. The highest BCUT2D eigenvalue weighted by Crippen LogP contribution is 2.79. The summed E-state index contributed by atoms with van der Waals surface area (Å²) in [4.78, 5) is 28.5. The summed E-state index contributed by atoms with van der Waals surface area (Å²) in [5.41, 5.74) is -5.56. The van der Waals surface area contributed by atoms with E-state index in [1.807, 2.05) is 38.1 Å². The SMILES string of the molecule is COC(=O)CC(O)CC1CCN2C(O)(c3ccc(F)cc3)C3(c4ccccc4)OC3(C(=O)Nc3ccccc3)C2(C(C)C)O1. The molecule has 0 aliphatic carbocycles. The van der Waals surface area contributed by atoms with Gasteiger partial charge in [0.1, 0.15) is 5.82 Å². The Balaban J connectivity index is 1.55. The number of amides is 1. The third-order valence-electron chi connectivity index (χ3n) is 9.29. The number of aliphatic hydroxyl groups is 2. The maximum Gasteiger partial charge on any atom is 0.308 e. The van der Waals surface area contributed by atoms with E-state index in [0.717, 1.165) is 0 Å². The van der Waals surface area contributed by atoms with E-state index in [9.17, 15) is 24.2 Å². The first-order valence-electron chi connectivity index (χ1n) is 14.9. The van der Waals surface area contributed by atoms with Crippen LogP contribution in [-0.4, -0.2) is 64.2 Å². The summed E-state index contributed by atoms with van der Waals surface area (Å²) in [7, 11) is 1.26. The fourth-order valence-electron chi connectivity index (χ4n) is 7.50. The molecule has 232 valence electrons. The molecule has 1 amide bonds. The van der Waals surface area contributed by atoms with E-state index in [-0.39, 0.29) is 19.4 Å². The predicted molar refractivity (Wildman–Crippen MR) is 158 cm³/mol. The Hall–Kier alpha value is -3.67. The molecular weight excluding hydrogens is 567 g/mol. The number of morpholine rings is 1. The lowest BCUT2D eigenvalue weighted by Gasteiger charge is -2.55. The highest BCUT2D eigenvalue weighted by atomic mass is 19.1. The van der Waals surface area contributed by atoms with E-state index < -0.39 is 58.5 Å². The topological polar surface area (TPSA) is 121 Å². The average Bonchev–Trinajstić information content (AvgIpc) is 3.71. The van der Waals surface area contributed by atoms with Crippen LogP contribution in [0.5, 0.6) is 0 Å². The number of epoxide rings is 1. The first kappa shape index (κ1) is 30.4. The number of esters is 1. The van der Waals surface area contributed by atoms with Crippen molar-refractivity contribution in [3.8, 4) is 0 Å². The number of rotatable bonds is 9. The second-order valence-electron chi connectivity index (χ2n) is 12.0. The zero-order valence-electron chi connectivity index (χ0n) is 24.9. The maximum absolute atomic E-state index is 14.8. The third kappa shape index (κ3) is 4.16. The number of methoxy groups -OCH3 is 1. The van der Waals surface area contributed by atoms with Crippen molar-refractivity contribution in [3.05, 3.63) is 102 Å². The van der Waals surface area contributed by atoms with E-state index in [4.69, 9.17) is 14.2 Å². The molecule has 6 unspecified atom stereocenters. The number of anilines is 1. The van der Waals surface area contributed by atoms with Gasteiger partial charge in [0, 0.05) is 24.2 Å². The number of benzene rings is 3. The number of fused-ring (bicyclic) bond motifs is 3. The zero-order chi connectivity index (χ0) is 31.3. The van der Waals surface area contributed by atoms with Gasteiger partial charge >= 0.3 is 5.97 Å². The fourth-order valence-corrected chi connectivity index (χ4v) is 7.50. The summed E-state index contributed by atoms with van der Waals surface area (Å²) < 4.78 is 32.7. The Morgan fingerprint density at radius 2 is 1.66 bits per heavy atom. The smallest absolute Gasteiger partial charge is 0.308 e. The van der Waals surface area contributed by atoms with Crippen LogP contribution in [0.4, 0.5) is 10.1 Å². The van der Waals surface area contributed by atoms with Crippen molar-refractivity contribution in [2.45, 2.75) is 68.0 Å². The molecule has 3 aliphatic rings. The standard InChI is InChI=1S/C34H37FN2O7/c1-22(2)34-32(30(40)36-26-12-8-5-9-13-26)31(44-32,23-10-6-4-7-11-23)33(41,24-14-16-25(35)17-15-24)37(34)19-18-28(43-34)20-27(38)21-29(39)42-3/h4-17,22,27-28,38,41H,18-21H2,1-3H3,(H,36,40). The van der Waals surface area contributed by atoms with Crippen molar-refractivity contribution in [2.75, 3.05) is 19.0 Å². The van der Waals surface area contributed by atoms with Crippen molar-refractivity contribution in [2.24, 2.45) is 5.92 Å². The lowest BCUT2D eigenvalue weighted by Crippen LogP contribution is -2.70. The average molecular weight is 605 g/mol. The van der Waals surface area contributed by atoms with Gasteiger partial charge in [-0.3, -0.25) is 9.59 Å². The Kier molecular flexibility index (Phi) is 7.62. The van der Waals surface area contributed by atoms with Crippen molar-refractivity contribution in [1.82, 2.24) is 4.90 Å². The lowest BCUT2D eigenvalue weighted by molar-refractivity contribution is -0.327. The second-order valence-corrected chi connectivity index (χ2v) is 12.0. The Morgan fingerprint density at radius 3 is 2.27 bits per heavy atom. The number of carbonyl (C=O) groups is 2. The normalized spacial score (nSPS) is 31.6. The van der Waals surface area contributed by atoms with Gasteiger partial charge in [-0.25, -0.2) is 9.29 Å². The van der Waals surface area contributed by atoms with Gasteiger partial charge in [0.05, 0.1) is 25.7 Å². The third-order valence-corrected chi connectivity index (χ3v) is 9.29. The Bertz CT molecular complexity index is 1520. The van der Waals surface area contributed by atoms with Crippen molar-refractivity contribution in [1.29, 1.82) is 0 Å². The summed E-state index contributed by atoms with van der Waals surface area (Å²) in [6.07, 6.45) is -1.38. The lowest BCUT2D eigenvalue weighted by atomic mass is 9.73. The first-order valence-corrected chi connectivity index (χ1v) is 14.9. The number of para-hydroxylation sites is 1. The molecule has 6 rings (SSSR count). The number of aliphatic hydroxyl groups excluding tert-OH is 1. The van der Waals surface area contributed by atoms with Crippen LogP contribution in [0.15, 0.2) is 84.9 Å². The highest BCUT2D eigenvalue weighted by Gasteiger charge is 2.99. The quantitative estimate of drug-likeness (QED) is 0.247. The summed E-state index contributed by atoms with van der Waals surface area (Å²) in [6.45, 7) is 4.04. The Labute approximate surface area is 255 Å². The molecule has 10 heteroatoms. The molecule has 3 N–H and O–H groups in total. The van der Waals surface area contributed by atoms with Gasteiger partial charge in [0.2, 0.25) is 5.60 Å². The van der Waals surface area contributed by atoms with Gasteiger partial charge in [0.15, 0.2) is 17.1 Å². The van der Waals surface area contributed by atoms with Gasteiger partial charge < -0.3 is 29.7 Å². The number of nitrogens with one attached hydrogen (secondary N) is 1. The predicted octanol–water partition coefficient (Wildman–Crippen LogP) is 4.04. The molecule has 3 saturated heterocycles. The molecule has 0 aromatic heterocycles. The second kappa shape index (κ2) is 11.0. The Morgan fingerprint density at radius 1 is 1.02 bits per heavy atom. The van der Waals surface area contributed by atoms with Crippen LogP contribution in [0.2, 0.25) is 0 Å². The summed E-state index contributed by atoms with van der Waals surface area (Å²) >= 11 is 0. The molecule has 44 heavy (non-hydrogen) atoms. The van der Waals surface area contributed by atoms with Crippen LogP contribution < -0.4 is 5.32 Å². The maximum atomic E-state index is 14.8. The van der Waals surface area contributed by atoms with E-state index in [1.54, 1.807) is 41.3 Å². The van der Waals surface area contributed by atoms with Crippen LogP contribution in [0.3, 0.4) is 0 Å². The molecule has 0 saturated carbocycles. The number of nitrogens with zero attached hydrogens (tertiary/aromatic N) is 1. The van der Waals surface area contributed by atoms with E-state index in [2.05, 4.69) is 5.32 Å². The van der Waals surface area contributed by atoms with Gasteiger partial charge in [-0.05, 0) is 42.2 Å². The zero-order valence-corrected chi connectivity index (χ0v) is 24.9. The molecule has 0 radical (unpaired) electrons. The summed E-state index contributed by atoms with van der Waals surface area (Å²) in [6, 6.07) is 23.6. The molecule has 9 nitrogen and oxygen atoms in total. The van der Waals surface area contributed by atoms with Crippen molar-refractivity contribution < 1.29 is 38.4 Å². The van der Waals surface area contributed by atoms with Crippen LogP contribution in [0.1, 0.15) is 44.2 Å². The van der Waals surface area contributed by atoms with E-state index in [1.165, 1.54) is 31.4 Å². The van der Waals surface area contributed by atoms with Crippen molar-refractivity contribution >= 4 is 17.6 Å².